The fourth-order valence-electron chi connectivity index (χ4n) is 1.71. The van der Waals surface area contributed by atoms with Crippen molar-refractivity contribution in [3.63, 3.8) is 0 Å². The summed E-state index contributed by atoms with van der Waals surface area (Å²) in [5, 5.41) is 12.5. The van der Waals surface area contributed by atoms with Gasteiger partial charge in [-0.2, -0.15) is 4.98 Å². The molecule has 3 N–H and O–H groups in total. The quantitative estimate of drug-likeness (QED) is 0.689. The molecule has 0 aliphatic heterocycles. The number of hydrogen-bond donors (Lipinski definition) is 2. The molecule has 0 aliphatic rings. The first-order valence-corrected chi connectivity index (χ1v) is 5.92. The Bertz CT molecular complexity index is 289. The van der Waals surface area contributed by atoms with Gasteiger partial charge in [0, 0.05) is 12.8 Å². The molecule has 0 fully saturated rings. The molecule has 1 atom stereocenters. The lowest BCUT2D eigenvalue weighted by molar-refractivity contribution is 0.292. The molecular weight excluding hydrogens is 206 g/mol. The van der Waals surface area contributed by atoms with Gasteiger partial charge in [-0.15, -0.1) is 0 Å². The van der Waals surface area contributed by atoms with E-state index < -0.39 is 0 Å². The number of hydrogen-bond acceptors (Lipinski definition) is 5. The van der Waals surface area contributed by atoms with Crippen molar-refractivity contribution < 1.29 is 9.63 Å². The van der Waals surface area contributed by atoms with Crippen LogP contribution in [0.2, 0.25) is 0 Å². The van der Waals surface area contributed by atoms with E-state index in [0.29, 0.717) is 24.1 Å². The average molecular weight is 227 g/mol. The Hall–Kier alpha value is -0.940. The highest BCUT2D eigenvalue weighted by Gasteiger charge is 2.10. The molecule has 5 nitrogen and oxygen atoms in total. The van der Waals surface area contributed by atoms with Crippen molar-refractivity contribution in [1.82, 2.24) is 10.1 Å². The zero-order chi connectivity index (χ0) is 11.8. The van der Waals surface area contributed by atoms with E-state index >= 15 is 0 Å². The van der Waals surface area contributed by atoms with Crippen LogP contribution in [0.3, 0.4) is 0 Å². The lowest BCUT2D eigenvalue weighted by atomic mass is 9.97. The van der Waals surface area contributed by atoms with Gasteiger partial charge in [0.05, 0.1) is 6.61 Å². The van der Waals surface area contributed by atoms with Crippen molar-refractivity contribution >= 4 is 0 Å². The predicted octanol–water partition coefficient (Wildman–Crippen LogP) is 0.912. The zero-order valence-electron chi connectivity index (χ0n) is 9.85. The molecule has 0 spiro atoms. The van der Waals surface area contributed by atoms with E-state index in [1.807, 2.05) is 0 Å². The van der Waals surface area contributed by atoms with E-state index in [4.69, 9.17) is 15.4 Å². The normalized spacial score (nSPS) is 12.9. The molecule has 5 heteroatoms. The largest absolute Gasteiger partial charge is 0.396 e. The summed E-state index contributed by atoms with van der Waals surface area (Å²) in [6, 6.07) is 0. The number of aliphatic hydroxyl groups is 1. The predicted molar refractivity (Wildman–Crippen MR) is 60.9 cm³/mol. The van der Waals surface area contributed by atoms with Gasteiger partial charge >= 0.3 is 0 Å². The van der Waals surface area contributed by atoms with E-state index in [1.54, 1.807) is 0 Å². The summed E-state index contributed by atoms with van der Waals surface area (Å²) < 4.78 is 5.09. The molecule has 1 unspecified atom stereocenters. The molecule has 1 heterocycles. The van der Waals surface area contributed by atoms with Crippen LogP contribution in [0.1, 0.15) is 37.9 Å². The molecule has 0 aliphatic carbocycles. The van der Waals surface area contributed by atoms with Crippen LogP contribution < -0.4 is 5.73 Å². The fraction of sp³-hybridized carbons (Fsp3) is 0.818. The Morgan fingerprint density at radius 3 is 2.81 bits per heavy atom. The highest BCUT2D eigenvalue weighted by Crippen LogP contribution is 2.15. The Morgan fingerprint density at radius 1 is 1.38 bits per heavy atom. The molecular formula is C11H21N3O2. The van der Waals surface area contributed by atoms with Crippen molar-refractivity contribution in [2.75, 3.05) is 13.2 Å². The SMILES string of the molecule is CCC(CCN)CCc1nc(CCO)no1. The minimum absolute atomic E-state index is 0.0593. The second-order valence-electron chi connectivity index (χ2n) is 3.97. The first kappa shape index (κ1) is 13.1. The second kappa shape index (κ2) is 7.35. The van der Waals surface area contributed by atoms with E-state index in [0.717, 1.165) is 32.2 Å². The van der Waals surface area contributed by atoms with Gasteiger partial charge in [-0.05, 0) is 25.3 Å². The van der Waals surface area contributed by atoms with Crippen LogP contribution in [0.5, 0.6) is 0 Å². The molecule has 0 aromatic carbocycles. The topological polar surface area (TPSA) is 85.2 Å². The molecule has 0 bridgehead atoms. The van der Waals surface area contributed by atoms with Crippen molar-refractivity contribution in [1.29, 1.82) is 0 Å². The van der Waals surface area contributed by atoms with Gasteiger partial charge in [0.1, 0.15) is 0 Å². The van der Waals surface area contributed by atoms with Crippen LogP contribution in [0.15, 0.2) is 4.52 Å². The van der Waals surface area contributed by atoms with Crippen molar-refractivity contribution in [3.8, 4) is 0 Å². The maximum Gasteiger partial charge on any atom is 0.226 e. The van der Waals surface area contributed by atoms with Crippen molar-refractivity contribution in [2.45, 2.75) is 39.0 Å². The summed E-state index contributed by atoms with van der Waals surface area (Å²) in [6.07, 6.45) is 4.48. The third-order valence-electron chi connectivity index (χ3n) is 2.76. The molecule has 0 radical (unpaired) electrons. The van der Waals surface area contributed by atoms with Crippen LogP contribution in [0, 0.1) is 5.92 Å². The number of aliphatic hydroxyl groups excluding tert-OH is 1. The Kier molecular flexibility index (Phi) is 6.03. The number of aryl methyl sites for hydroxylation is 1. The highest BCUT2D eigenvalue weighted by molar-refractivity contribution is 4.86. The lowest BCUT2D eigenvalue weighted by Gasteiger charge is -2.11. The lowest BCUT2D eigenvalue weighted by Crippen LogP contribution is -2.09. The number of aromatic nitrogens is 2. The van der Waals surface area contributed by atoms with Gasteiger partial charge < -0.3 is 15.4 Å². The molecule has 0 saturated heterocycles. The summed E-state index contributed by atoms with van der Waals surface area (Å²) >= 11 is 0. The average Bonchev–Trinajstić information content (AvgIpc) is 2.72. The number of nitrogens with two attached hydrogens (primary N) is 1. The Labute approximate surface area is 96.0 Å². The van der Waals surface area contributed by atoms with E-state index in [1.165, 1.54) is 0 Å². The van der Waals surface area contributed by atoms with Gasteiger partial charge in [-0.25, -0.2) is 0 Å². The van der Waals surface area contributed by atoms with Crippen molar-refractivity contribution in [3.05, 3.63) is 11.7 Å². The van der Waals surface area contributed by atoms with Gasteiger partial charge in [0.2, 0.25) is 5.89 Å². The molecule has 1 aromatic rings. The van der Waals surface area contributed by atoms with Crippen LogP contribution in [0.25, 0.3) is 0 Å². The van der Waals surface area contributed by atoms with E-state index in [-0.39, 0.29) is 6.61 Å². The first-order valence-electron chi connectivity index (χ1n) is 5.92. The van der Waals surface area contributed by atoms with Gasteiger partial charge in [0.25, 0.3) is 0 Å². The third kappa shape index (κ3) is 4.28. The van der Waals surface area contributed by atoms with Crippen LogP contribution in [-0.4, -0.2) is 28.4 Å². The summed E-state index contributed by atoms with van der Waals surface area (Å²) in [5.74, 6) is 1.89. The summed E-state index contributed by atoms with van der Waals surface area (Å²) in [6.45, 7) is 2.97. The third-order valence-corrected chi connectivity index (χ3v) is 2.76. The zero-order valence-corrected chi connectivity index (χ0v) is 9.85. The minimum atomic E-state index is 0.0593. The maximum absolute atomic E-state index is 8.72. The van der Waals surface area contributed by atoms with Crippen LogP contribution in [0.4, 0.5) is 0 Å². The van der Waals surface area contributed by atoms with Gasteiger partial charge in [-0.1, -0.05) is 18.5 Å². The summed E-state index contributed by atoms with van der Waals surface area (Å²) in [7, 11) is 0. The molecule has 16 heavy (non-hydrogen) atoms. The standard InChI is InChI=1S/C11H21N3O2/c1-2-9(5-7-12)3-4-11-13-10(6-8-15)14-16-11/h9,15H,2-8,12H2,1H3. The van der Waals surface area contributed by atoms with Crippen molar-refractivity contribution in [2.24, 2.45) is 11.7 Å². The van der Waals surface area contributed by atoms with Gasteiger partial charge in [0.15, 0.2) is 5.82 Å². The Balaban J connectivity index is 2.34. The monoisotopic (exact) mass is 227 g/mol. The molecule has 1 aromatic heterocycles. The smallest absolute Gasteiger partial charge is 0.226 e. The molecule has 1 rings (SSSR count). The van der Waals surface area contributed by atoms with E-state index in [2.05, 4.69) is 17.1 Å². The summed E-state index contributed by atoms with van der Waals surface area (Å²) in [5.41, 5.74) is 5.54. The van der Waals surface area contributed by atoms with Gasteiger partial charge in [-0.3, -0.25) is 0 Å². The first-order chi connectivity index (χ1) is 7.80. The fourth-order valence-corrected chi connectivity index (χ4v) is 1.71. The second-order valence-corrected chi connectivity index (χ2v) is 3.97. The molecule has 0 saturated carbocycles. The summed E-state index contributed by atoms with van der Waals surface area (Å²) in [4.78, 5) is 4.20. The maximum atomic E-state index is 8.72. The Morgan fingerprint density at radius 2 is 2.19 bits per heavy atom. The number of rotatable bonds is 8. The van der Waals surface area contributed by atoms with E-state index in [9.17, 15) is 0 Å². The van der Waals surface area contributed by atoms with Crippen LogP contribution >= 0.6 is 0 Å². The highest BCUT2D eigenvalue weighted by atomic mass is 16.5. The number of nitrogens with zero attached hydrogens (tertiary/aromatic N) is 2. The molecule has 92 valence electrons. The minimum Gasteiger partial charge on any atom is -0.396 e. The van der Waals surface area contributed by atoms with Crippen LogP contribution in [-0.2, 0) is 12.8 Å². The molecule has 0 amide bonds.